The van der Waals surface area contributed by atoms with Crippen LogP contribution in [0.15, 0.2) is 0 Å². The van der Waals surface area contributed by atoms with Gasteiger partial charge in [-0.05, 0) is 50.9 Å². The molecule has 1 saturated heterocycles. The van der Waals surface area contributed by atoms with Crippen molar-refractivity contribution >= 4 is 29.2 Å². The van der Waals surface area contributed by atoms with Gasteiger partial charge < -0.3 is 9.64 Å². The lowest BCUT2D eigenvalue weighted by molar-refractivity contribution is -0.133. The molecule has 0 amide bonds. The Hall–Kier alpha value is -0.650. The molecule has 100 valence electrons. The fourth-order valence-corrected chi connectivity index (χ4v) is 2.74. The Kier molecular flexibility index (Phi) is 3.42. The predicted octanol–water partition coefficient (Wildman–Crippen LogP) is 2.57. The number of rotatable bonds is 1. The first-order valence-corrected chi connectivity index (χ1v) is 6.45. The summed E-state index contributed by atoms with van der Waals surface area (Å²) < 4.78 is 5.99. The van der Waals surface area contributed by atoms with Crippen LogP contribution in [0.3, 0.4) is 0 Å². The largest absolute Gasteiger partial charge is 0.366 e. The van der Waals surface area contributed by atoms with Crippen LogP contribution in [0.2, 0.25) is 10.6 Å². The van der Waals surface area contributed by atoms with Crippen molar-refractivity contribution in [1.29, 1.82) is 0 Å². The summed E-state index contributed by atoms with van der Waals surface area (Å²) in [5, 5.41) is 0.208. The zero-order valence-corrected chi connectivity index (χ0v) is 12.4. The molecule has 0 aromatic carbocycles. The molecule has 1 fully saturated rings. The van der Waals surface area contributed by atoms with E-state index in [0.29, 0.717) is 19.0 Å². The zero-order valence-electron chi connectivity index (χ0n) is 10.9. The summed E-state index contributed by atoms with van der Waals surface area (Å²) in [7, 11) is 0. The third-order valence-electron chi connectivity index (χ3n) is 2.55. The third-order valence-corrected chi connectivity index (χ3v) is 2.89. The van der Waals surface area contributed by atoms with Gasteiger partial charge in [0.25, 0.3) is 0 Å². The van der Waals surface area contributed by atoms with Crippen molar-refractivity contribution in [2.45, 2.75) is 38.9 Å². The second kappa shape index (κ2) is 4.47. The Morgan fingerprint density at radius 2 is 1.39 bits per heavy atom. The first kappa shape index (κ1) is 13.8. The fourth-order valence-electron chi connectivity index (χ4n) is 2.39. The summed E-state index contributed by atoms with van der Waals surface area (Å²) in [6.07, 6.45) is 0. The summed E-state index contributed by atoms with van der Waals surface area (Å²) in [5.74, 6) is 0.490. The predicted molar refractivity (Wildman–Crippen MR) is 71.3 cm³/mol. The number of aromatic nitrogens is 3. The number of hydrogen-bond acceptors (Lipinski definition) is 5. The molecule has 0 spiro atoms. The molecule has 0 bridgehead atoms. The highest BCUT2D eigenvalue weighted by Crippen LogP contribution is 2.30. The van der Waals surface area contributed by atoms with E-state index < -0.39 is 0 Å². The Labute approximate surface area is 116 Å². The second-order valence-corrected chi connectivity index (χ2v) is 6.33. The van der Waals surface area contributed by atoms with Gasteiger partial charge in [-0.1, -0.05) is 0 Å². The lowest BCUT2D eigenvalue weighted by Gasteiger charge is -2.47. The van der Waals surface area contributed by atoms with Crippen LogP contribution in [0.25, 0.3) is 0 Å². The Bertz CT molecular complexity index is 428. The summed E-state index contributed by atoms with van der Waals surface area (Å²) in [6.45, 7) is 9.48. The smallest absolute Gasteiger partial charge is 0.231 e. The van der Waals surface area contributed by atoms with E-state index in [1.807, 2.05) is 32.6 Å². The fraction of sp³-hybridized carbons (Fsp3) is 0.727. The molecule has 1 aliphatic heterocycles. The van der Waals surface area contributed by atoms with Gasteiger partial charge in [-0.25, -0.2) is 0 Å². The maximum Gasteiger partial charge on any atom is 0.231 e. The minimum Gasteiger partial charge on any atom is -0.366 e. The highest BCUT2D eigenvalue weighted by molar-refractivity contribution is 6.31. The molecule has 0 saturated carbocycles. The van der Waals surface area contributed by atoms with Crippen molar-refractivity contribution in [3.05, 3.63) is 10.6 Å². The van der Waals surface area contributed by atoms with Crippen LogP contribution in [0.1, 0.15) is 27.7 Å². The Balaban J connectivity index is 2.32. The van der Waals surface area contributed by atoms with Crippen molar-refractivity contribution in [2.24, 2.45) is 0 Å². The monoisotopic (exact) mass is 290 g/mol. The van der Waals surface area contributed by atoms with Crippen molar-refractivity contribution in [1.82, 2.24) is 15.0 Å². The molecule has 7 heteroatoms. The molecule has 0 atom stereocenters. The SMILES string of the molecule is CC1(C)CN(c2nc(Cl)nc(Cl)n2)CC(C)(C)O1. The van der Waals surface area contributed by atoms with E-state index in [9.17, 15) is 0 Å². The first-order chi connectivity index (χ1) is 8.17. The number of halogens is 2. The molecule has 2 rings (SSSR count). The second-order valence-electron chi connectivity index (χ2n) is 5.65. The van der Waals surface area contributed by atoms with Gasteiger partial charge in [0.15, 0.2) is 0 Å². The standard InChI is InChI=1S/C11H16Cl2N4O/c1-10(2)5-17(6-11(3,4)18-10)9-15-7(12)14-8(13)16-9/h5-6H2,1-4H3. The van der Waals surface area contributed by atoms with Gasteiger partial charge in [-0.3, -0.25) is 0 Å². The molecular formula is C11H16Cl2N4O. The highest BCUT2D eigenvalue weighted by atomic mass is 35.5. The van der Waals surface area contributed by atoms with Gasteiger partial charge >= 0.3 is 0 Å². The van der Waals surface area contributed by atoms with Crippen molar-refractivity contribution in [3.8, 4) is 0 Å². The number of hydrogen-bond donors (Lipinski definition) is 0. The molecule has 2 heterocycles. The molecule has 0 N–H and O–H groups in total. The van der Waals surface area contributed by atoms with E-state index in [4.69, 9.17) is 27.9 Å². The summed E-state index contributed by atoms with van der Waals surface area (Å²) in [6, 6.07) is 0. The maximum atomic E-state index is 5.99. The van der Waals surface area contributed by atoms with Crippen LogP contribution in [-0.4, -0.2) is 39.2 Å². The average Bonchev–Trinajstić information content (AvgIpc) is 2.10. The molecule has 0 radical (unpaired) electrons. The summed E-state index contributed by atoms with van der Waals surface area (Å²) in [4.78, 5) is 14.0. The van der Waals surface area contributed by atoms with Gasteiger partial charge in [0, 0.05) is 13.1 Å². The summed E-state index contributed by atoms with van der Waals surface area (Å²) >= 11 is 11.6. The van der Waals surface area contributed by atoms with E-state index in [2.05, 4.69) is 15.0 Å². The Morgan fingerprint density at radius 1 is 0.944 bits per heavy atom. The molecule has 18 heavy (non-hydrogen) atoms. The van der Waals surface area contributed by atoms with E-state index in [-0.39, 0.29) is 21.8 Å². The molecular weight excluding hydrogens is 275 g/mol. The molecule has 1 aromatic rings. The zero-order chi connectivity index (χ0) is 13.6. The number of morpholine rings is 1. The average molecular weight is 291 g/mol. The number of nitrogens with zero attached hydrogens (tertiary/aromatic N) is 4. The van der Waals surface area contributed by atoms with Gasteiger partial charge in [-0.15, -0.1) is 0 Å². The van der Waals surface area contributed by atoms with Crippen LogP contribution in [0.4, 0.5) is 5.95 Å². The highest BCUT2D eigenvalue weighted by Gasteiger charge is 2.39. The normalized spacial score (nSPS) is 22.0. The lowest BCUT2D eigenvalue weighted by Crippen LogP contribution is -2.57. The minimum atomic E-state index is -0.284. The van der Waals surface area contributed by atoms with Crippen molar-refractivity contribution in [3.63, 3.8) is 0 Å². The number of ether oxygens (including phenoxy) is 1. The topological polar surface area (TPSA) is 51.1 Å². The van der Waals surface area contributed by atoms with E-state index in [1.165, 1.54) is 0 Å². The molecule has 1 aliphatic rings. The molecule has 0 aliphatic carbocycles. The van der Waals surface area contributed by atoms with Crippen LogP contribution in [0.5, 0.6) is 0 Å². The van der Waals surface area contributed by atoms with Gasteiger partial charge in [-0.2, -0.15) is 15.0 Å². The van der Waals surface area contributed by atoms with E-state index in [0.717, 1.165) is 0 Å². The maximum absolute atomic E-state index is 5.99. The van der Waals surface area contributed by atoms with Crippen molar-refractivity contribution in [2.75, 3.05) is 18.0 Å². The molecule has 5 nitrogen and oxygen atoms in total. The van der Waals surface area contributed by atoms with Gasteiger partial charge in [0.1, 0.15) is 0 Å². The minimum absolute atomic E-state index is 0.104. The van der Waals surface area contributed by atoms with Gasteiger partial charge in [0.2, 0.25) is 16.5 Å². The van der Waals surface area contributed by atoms with Crippen LogP contribution in [-0.2, 0) is 4.74 Å². The van der Waals surface area contributed by atoms with Gasteiger partial charge in [0.05, 0.1) is 11.2 Å². The Morgan fingerprint density at radius 3 is 1.83 bits per heavy atom. The quantitative estimate of drug-likeness (QED) is 0.796. The lowest BCUT2D eigenvalue weighted by atomic mass is 9.99. The van der Waals surface area contributed by atoms with Crippen LogP contribution < -0.4 is 4.90 Å². The van der Waals surface area contributed by atoms with Crippen molar-refractivity contribution < 1.29 is 4.74 Å². The summed E-state index contributed by atoms with van der Waals surface area (Å²) in [5.41, 5.74) is -0.569. The molecule has 1 aromatic heterocycles. The van der Waals surface area contributed by atoms with E-state index >= 15 is 0 Å². The van der Waals surface area contributed by atoms with Crippen LogP contribution in [0, 0.1) is 0 Å². The number of anilines is 1. The third kappa shape index (κ3) is 3.22. The first-order valence-electron chi connectivity index (χ1n) is 5.69. The van der Waals surface area contributed by atoms with E-state index in [1.54, 1.807) is 0 Å². The molecule has 0 unspecified atom stereocenters. The van der Waals surface area contributed by atoms with Crippen LogP contribution >= 0.6 is 23.2 Å².